The molecule has 1 aromatic carbocycles. The second kappa shape index (κ2) is 6.08. The molecule has 0 aliphatic heterocycles. The van der Waals surface area contributed by atoms with Crippen molar-refractivity contribution in [3.8, 4) is 11.8 Å². The maximum Gasteiger partial charge on any atom is 0.0574 e. The van der Waals surface area contributed by atoms with E-state index in [1.54, 1.807) is 0 Å². The molecular weight excluding hydrogens is 263 g/mol. The molecule has 0 heterocycles. The van der Waals surface area contributed by atoms with Gasteiger partial charge in [0.2, 0.25) is 0 Å². The largest absolute Gasteiger partial charge is 0.396 e. The number of halogens is 2. The number of hydrogen-bond acceptors (Lipinski definition) is 1. The Hall–Kier alpha value is -0.490. The average Bonchev–Trinajstić information content (AvgIpc) is 2.16. The highest BCUT2D eigenvalue weighted by atomic mass is 79.9. The van der Waals surface area contributed by atoms with Crippen molar-refractivity contribution >= 4 is 27.5 Å². The van der Waals surface area contributed by atoms with Crippen LogP contribution in [0.1, 0.15) is 18.4 Å². The summed E-state index contributed by atoms with van der Waals surface area (Å²) in [5.74, 6) is 5.94. The van der Waals surface area contributed by atoms with Crippen LogP contribution in [0, 0.1) is 11.8 Å². The molecule has 0 radical (unpaired) electrons. The molecule has 0 amide bonds. The molecule has 74 valence electrons. The molecule has 0 aliphatic carbocycles. The van der Waals surface area contributed by atoms with Crippen molar-refractivity contribution in [1.82, 2.24) is 0 Å². The normalized spacial score (nSPS) is 9.36. The SMILES string of the molecule is OCCCC#Cc1c(Cl)cccc1Br. The van der Waals surface area contributed by atoms with E-state index in [9.17, 15) is 0 Å². The van der Waals surface area contributed by atoms with Gasteiger partial charge in [-0.15, -0.1) is 0 Å². The van der Waals surface area contributed by atoms with Gasteiger partial charge in [-0.25, -0.2) is 0 Å². The summed E-state index contributed by atoms with van der Waals surface area (Å²) in [6, 6.07) is 5.58. The minimum absolute atomic E-state index is 0.179. The Morgan fingerprint density at radius 3 is 2.86 bits per heavy atom. The standard InChI is InChI=1S/C11H10BrClO/c12-10-6-4-7-11(13)9(10)5-2-1-3-8-14/h4,6-7,14H,1,3,8H2. The van der Waals surface area contributed by atoms with Gasteiger partial charge in [-0.2, -0.15) is 0 Å². The van der Waals surface area contributed by atoms with Crippen molar-refractivity contribution in [3.63, 3.8) is 0 Å². The number of aliphatic hydroxyl groups is 1. The second-order valence-corrected chi connectivity index (χ2v) is 3.99. The van der Waals surface area contributed by atoms with Crippen LogP contribution >= 0.6 is 27.5 Å². The Balaban J connectivity index is 2.78. The first kappa shape index (κ1) is 11.6. The van der Waals surface area contributed by atoms with E-state index < -0.39 is 0 Å². The first-order valence-electron chi connectivity index (χ1n) is 4.29. The summed E-state index contributed by atoms with van der Waals surface area (Å²) in [4.78, 5) is 0. The van der Waals surface area contributed by atoms with Gasteiger partial charge in [0.1, 0.15) is 0 Å². The van der Waals surface area contributed by atoms with Crippen molar-refractivity contribution in [2.24, 2.45) is 0 Å². The predicted octanol–water partition coefficient (Wildman–Crippen LogP) is 3.23. The topological polar surface area (TPSA) is 20.2 Å². The third-order valence-corrected chi connectivity index (χ3v) is 2.61. The van der Waals surface area contributed by atoms with Crippen molar-refractivity contribution in [1.29, 1.82) is 0 Å². The molecule has 1 nitrogen and oxygen atoms in total. The van der Waals surface area contributed by atoms with Gasteiger partial charge in [0.25, 0.3) is 0 Å². The molecule has 1 N–H and O–H groups in total. The highest BCUT2D eigenvalue weighted by Gasteiger charge is 1.99. The lowest BCUT2D eigenvalue weighted by atomic mass is 10.2. The number of aliphatic hydroxyl groups excluding tert-OH is 1. The van der Waals surface area contributed by atoms with E-state index in [2.05, 4.69) is 27.8 Å². The van der Waals surface area contributed by atoms with Gasteiger partial charge < -0.3 is 5.11 Å². The van der Waals surface area contributed by atoms with Crippen LogP contribution in [0.3, 0.4) is 0 Å². The monoisotopic (exact) mass is 272 g/mol. The van der Waals surface area contributed by atoms with Crippen LogP contribution in [0.5, 0.6) is 0 Å². The van der Waals surface area contributed by atoms with E-state index in [0.29, 0.717) is 17.9 Å². The highest BCUT2D eigenvalue weighted by Crippen LogP contribution is 2.23. The third kappa shape index (κ3) is 3.34. The quantitative estimate of drug-likeness (QED) is 0.648. The number of benzene rings is 1. The van der Waals surface area contributed by atoms with Crippen molar-refractivity contribution in [2.75, 3.05) is 6.61 Å². The van der Waals surface area contributed by atoms with Crippen LogP contribution in [0.15, 0.2) is 22.7 Å². The summed E-state index contributed by atoms with van der Waals surface area (Å²) >= 11 is 9.34. The highest BCUT2D eigenvalue weighted by molar-refractivity contribution is 9.10. The van der Waals surface area contributed by atoms with Crippen LogP contribution in [-0.2, 0) is 0 Å². The van der Waals surface area contributed by atoms with Gasteiger partial charge in [0.05, 0.1) is 10.6 Å². The van der Waals surface area contributed by atoms with E-state index in [0.717, 1.165) is 10.0 Å². The van der Waals surface area contributed by atoms with Gasteiger partial charge in [-0.1, -0.05) is 29.5 Å². The number of hydrogen-bond donors (Lipinski definition) is 1. The summed E-state index contributed by atoms with van der Waals surface area (Å²) in [6.07, 6.45) is 1.39. The maximum absolute atomic E-state index is 8.57. The van der Waals surface area contributed by atoms with E-state index >= 15 is 0 Å². The first-order valence-corrected chi connectivity index (χ1v) is 5.46. The zero-order valence-corrected chi connectivity index (χ0v) is 9.90. The summed E-state index contributed by atoms with van der Waals surface area (Å²) in [5, 5.41) is 9.22. The summed E-state index contributed by atoms with van der Waals surface area (Å²) in [6.45, 7) is 0.179. The van der Waals surface area contributed by atoms with Gasteiger partial charge in [-0.05, 0) is 34.5 Å². The van der Waals surface area contributed by atoms with Crippen molar-refractivity contribution in [3.05, 3.63) is 33.3 Å². The molecule has 0 saturated heterocycles. The van der Waals surface area contributed by atoms with E-state index in [-0.39, 0.29) is 6.61 Å². The van der Waals surface area contributed by atoms with Crippen molar-refractivity contribution < 1.29 is 5.11 Å². The van der Waals surface area contributed by atoms with E-state index in [1.807, 2.05) is 18.2 Å². The van der Waals surface area contributed by atoms with Crippen LogP contribution in [-0.4, -0.2) is 11.7 Å². The molecule has 14 heavy (non-hydrogen) atoms. The predicted molar refractivity (Wildman–Crippen MR) is 62.3 cm³/mol. The Bertz CT molecular complexity index is 345. The molecule has 1 aromatic rings. The molecule has 0 atom stereocenters. The zero-order valence-electron chi connectivity index (χ0n) is 7.56. The fourth-order valence-electron chi connectivity index (χ4n) is 0.936. The Kier molecular flexibility index (Phi) is 5.03. The van der Waals surface area contributed by atoms with Crippen LogP contribution in [0.25, 0.3) is 0 Å². The number of rotatable bonds is 2. The molecule has 3 heteroatoms. The van der Waals surface area contributed by atoms with Crippen LogP contribution in [0.2, 0.25) is 5.02 Å². The fourth-order valence-corrected chi connectivity index (χ4v) is 1.74. The molecule has 0 bridgehead atoms. The molecule has 0 fully saturated rings. The summed E-state index contributed by atoms with van der Waals surface area (Å²) < 4.78 is 0.904. The summed E-state index contributed by atoms with van der Waals surface area (Å²) in [7, 11) is 0. The Labute approximate surface area is 97.2 Å². The third-order valence-electron chi connectivity index (χ3n) is 1.64. The average molecular weight is 274 g/mol. The maximum atomic E-state index is 8.57. The lowest BCUT2D eigenvalue weighted by molar-refractivity contribution is 0.290. The molecular formula is C11H10BrClO. The van der Waals surface area contributed by atoms with Gasteiger partial charge in [-0.3, -0.25) is 0 Å². The zero-order chi connectivity index (χ0) is 10.4. The van der Waals surface area contributed by atoms with E-state index in [1.165, 1.54) is 0 Å². The minimum Gasteiger partial charge on any atom is -0.396 e. The van der Waals surface area contributed by atoms with Crippen LogP contribution < -0.4 is 0 Å². The van der Waals surface area contributed by atoms with Crippen LogP contribution in [0.4, 0.5) is 0 Å². The summed E-state index contributed by atoms with van der Waals surface area (Å²) in [5.41, 5.74) is 0.812. The molecule has 0 aliphatic rings. The van der Waals surface area contributed by atoms with Gasteiger partial charge in [0, 0.05) is 17.5 Å². The van der Waals surface area contributed by atoms with E-state index in [4.69, 9.17) is 16.7 Å². The fraction of sp³-hybridized carbons (Fsp3) is 0.273. The van der Waals surface area contributed by atoms with Gasteiger partial charge in [0.15, 0.2) is 0 Å². The lowest BCUT2D eigenvalue weighted by Crippen LogP contribution is -1.81. The number of unbranched alkanes of at least 4 members (excludes halogenated alkanes) is 1. The molecule has 0 saturated carbocycles. The Morgan fingerprint density at radius 1 is 1.43 bits per heavy atom. The smallest absolute Gasteiger partial charge is 0.0574 e. The lowest BCUT2D eigenvalue weighted by Gasteiger charge is -1.97. The Morgan fingerprint density at radius 2 is 2.21 bits per heavy atom. The van der Waals surface area contributed by atoms with Gasteiger partial charge >= 0.3 is 0 Å². The first-order chi connectivity index (χ1) is 6.75. The molecule has 0 spiro atoms. The second-order valence-electron chi connectivity index (χ2n) is 2.73. The minimum atomic E-state index is 0.179. The molecule has 0 aromatic heterocycles. The molecule has 1 rings (SSSR count). The molecule has 0 unspecified atom stereocenters. The van der Waals surface area contributed by atoms with Crippen molar-refractivity contribution in [2.45, 2.75) is 12.8 Å².